The second kappa shape index (κ2) is 8.97. The number of aliphatic carboxylic acids is 1. The molecule has 0 amide bonds. The first-order valence-electron chi connectivity index (χ1n) is 7.23. The van der Waals surface area contributed by atoms with Crippen LogP contribution in [0.25, 0.3) is 0 Å². The molecule has 0 radical (unpaired) electrons. The first kappa shape index (κ1) is 16.2. The minimum atomic E-state index is -0.888. The van der Waals surface area contributed by atoms with E-state index in [9.17, 15) is 4.79 Å². The minimum absolute atomic E-state index is 0.0678. The van der Waals surface area contributed by atoms with Crippen molar-refractivity contribution in [2.45, 2.75) is 25.7 Å². The van der Waals surface area contributed by atoms with Crippen molar-refractivity contribution in [2.75, 3.05) is 6.61 Å². The van der Waals surface area contributed by atoms with Gasteiger partial charge in [0.1, 0.15) is 0 Å². The fraction of sp³-hybridized carbons (Fsp3) is 0.278. The Kier molecular flexibility index (Phi) is 6.61. The summed E-state index contributed by atoms with van der Waals surface area (Å²) in [6.07, 6.45) is -0.525. The van der Waals surface area contributed by atoms with Crippen molar-refractivity contribution in [2.24, 2.45) is 0 Å². The fourth-order valence-electron chi connectivity index (χ4n) is 2.03. The van der Waals surface area contributed by atoms with Crippen molar-refractivity contribution >= 4 is 5.97 Å². The molecule has 2 aromatic carbocycles. The summed E-state index contributed by atoms with van der Waals surface area (Å²) in [5, 5.41) is 8.96. The highest BCUT2D eigenvalue weighted by atomic mass is 16.5. The Morgan fingerprint density at radius 3 is 2.00 bits per heavy atom. The van der Waals surface area contributed by atoms with E-state index in [0.717, 1.165) is 11.1 Å². The molecule has 1 N–H and O–H groups in total. The van der Waals surface area contributed by atoms with Gasteiger partial charge in [0.2, 0.25) is 0 Å². The molecule has 4 heteroatoms. The Morgan fingerprint density at radius 2 is 1.45 bits per heavy atom. The van der Waals surface area contributed by atoms with Crippen LogP contribution in [0.5, 0.6) is 0 Å². The lowest BCUT2D eigenvalue weighted by atomic mass is 10.2. The smallest absolute Gasteiger partial charge is 0.306 e. The third-order valence-corrected chi connectivity index (χ3v) is 3.15. The highest BCUT2D eigenvalue weighted by Crippen LogP contribution is 2.08. The highest BCUT2D eigenvalue weighted by Gasteiger charge is 2.14. The average Bonchev–Trinajstić information content (AvgIpc) is 2.54. The van der Waals surface area contributed by atoms with Gasteiger partial charge < -0.3 is 14.6 Å². The topological polar surface area (TPSA) is 55.8 Å². The van der Waals surface area contributed by atoms with Gasteiger partial charge in [-0.15, -0.1) is 0 Å². The Bertz CT molecular complexity index is 554. The van der Waals surface area contributed by atoms with E-state index in [4.69, 9.17) is 14.6 Å². The maximum absolute atomic E-state index is 10.9. The Labute approximate surface area is 130 Å². The van der Waals surface area contributed by atoms with Crippen LogP contribution < -0.4 is 0 Å². The third kappa shape index (κ3) is 6.08. The molecule has 2 rings (SSSR count). The molecule has 0 bridgehead atoms. The summed E-state index contributed by atoms with van der Waals surface area (Å²) < 4.78 is 11.3. The molecular weight excluding hydrogens is 280 g/mol. The Balaban J connectivity index is 1.79. The van der Waals surface area contributed by atoms with E-state index in [1.165, 1.54) is 0 Å². The van der Waals surface area contributed by atoms with E-state index in [-0.39, 0.29) is 13.0 Å². The third-order valence-electron chi connectivity index (χ3n) is 3.15. The number of hydrogen-bond acceptors (Lipinski definition) is 3. The van der Waals surface area contributed by atoms with Gasteiger partial charge in [0.25, 0.3) is 0 Å². The van der Waals surface area contributed by atoms with Crippen LogP contribution in [0.15, 0.2) is 60.7 Å². The molecule has 1 atom stereocenters. The highest BCUT2D eigenvalue weighted by molar-refractivity contribution is 5.67. The molecule has 0 saturated carbocycles. The molecule has 0 aliphatic carbocycles. The number of carboxylic acid groups (broad SMARTS) is 1. The summed E-state index contributed by atoms with van der Waals surface area (Å²) in [4.78, 5) is 10.9. The van der Waals surface area contributed by atoms with Gasteiger partial charge in [-0.1, -0.05) is 60.7 Å². The first-order chi connectivity index (χ1) is 10.7. The lowest BCUT2D eigenvalue weighted by Gasteiger charge is -2.16. The van der Waals surface area contributed by atoms with Crippen molar-refractivity contribution in [3.8, 4) is 0 Å². The molecule has 0 spiro atoms. The summed E-state index contributed by atoms with van der Waals surface area (Å²) in [6.45, 7) is 1.09. The van der Waals surface area contributed by atoms with Crippen LogP contribution in [0.2, 0.25) is 0 Å². The number of hydrogen-bond donors (Lipinski definition) is 1. The Morgan fingerprint density at radius 1 is 0.909 bits per heavy atom. The molecule has 4 nitrogen and oxygen atoms in total. The molecule has 22 heavy (non-hydrogen) atoms. The van der Waals surface area contributed by atoms with Gasteiger partial charge in [-0.3, -0.25) is 4.79 Å². The van der Waals surface area contributed by atoms with Gasteiger partial charge in [-0.05, 0) is 11.1 Å². The lowest BCUT2D eigenvalue weighted by molar-refractivity contribution is -0.142. The zero-order valence-electron chi connectivity index (χ0n) is 12.4. The first-order valence-corrected chi connectivity index (χ1v) is 7.23. The van der Waals surface area contributed by atoms with Crippen LogP contribution >= 0.6 is 0 Å². The molecule has 1 unspecified atom stereocenters. The maximum Gasteiger partial charge on any atom is 0.306 e. The van der Waals surface area contributed by atoms with Crippen LogP contribution in [-0.2, 0) is 27.5 Å². The van der Waals surface area contributed by atoms with Crippen molar-refractivity contribution < 1.29 is 19.4 Å². The number of rotatable bonds is 9. The normalized spacial score (nSPS) is 12.0. The monoisotopic (exact) mass is 300 g/mol. The fourth-order valence-corrected chi connectivity index (χ4v) is 2.03. The molecular formula is C18H20O4. The van der Waals surface area contributed by atoms with Crippen molar-refractivity contribution in [1.82, 2.24) is 0 Å². The zero-order chi connectivity index (χ0) is 15.6. The predicted molar refractivity (Wildman–Crippen MR) is 83.4 cm³/mol. The van der Waals surface area contributed by atoms with E-state index in [0.29, 0.717) is 13.2 Å². The predicted octanol–water partition coefficient (Wildman–Crippen LogP) is 3.26. The summed E-state index contributed by atoms with van der Waals surface area (Å²) in [6, 6.07) is 19.5. The van der Waals surface area contributed by atoms with Gasteiger partial charge in [-0.25, -0.2) is 0 Å². The maximum atomic E-state index is 10.9. The quantitative estimate of drug-likeness (QED) is 0.772. The van der Waals surface area contributed by atoms with Gasteiger partial charge >= 0.3 is 5.97 Å². The van der Waals surface area contributed by atoms with E-state index in [2.05, 4.69) is 0 Å². The molecule has 0 saturated heterocycles. The van der Waals surface area contributed by atoms with Gasteiger partial charge in [0.05, 0.1) is 32.3 Å². The second-order valence-corrected chi connectivity index (χ2v) is 5.02. The Hall–Kier alpha value is -2.17. The standard InChI is InChI=1S/C18H20O4/c19-18(20)11-17(22-13-16-9-5-2-6-10-16)14-21-12-15-7-3-1-4-8-15/h1-10,17H,11-14H2,(H,19,20). The number of ether oxygens (including phenoxy) is 2. The summed E-state index contributed by atoms with van der Waals surface area (Å²) in [7, 11) is 0. The molecule has 116 valence electrons. The van der Waals surface area contributed by atoms with E-state index in [1.54, 1.807) is 0 Å². The lowest BCUT2D eigenvalue weighted by Crippen LogP contribution is -2.23. The van der Waals surface area contributed by atoms with Crippen molar-refractivity contribution in [3.05, 3.63) is 71.8 Å². The van der Waals surface area contributed by atoms with Gasteiger partial charge in [-0.2, -0.15) is 0 Å². The molecule has 0 aliphatic rings. The van der Waals surface area contributed by atoms with Crippen molar-refractivity contribution in [1.29, 1.82) is 0 Å². The van der Waals surface area contributed by atoms with E-state index >= 15 is 0 Å². The number of benzene rings is 2. The summed E-state index contributed by atoms with van der Waals surface area (Å²) in [5.74, 6) is -0.888. The minimum Gasteiger partial charge on any atom is -0.481 e. The summed E-state index contributed by atoms with van der Waals surface area (Å²) in [5.41, 5.74) is 2.07. The molecule has 0 aliphatic heterocycles. The number of carbonyl (C=O) groups is 1. The molecule has 2 aromatic rings. The number of carboxylic acids is 1. The van der Waals surface area contributed by atoms with Gasteiger partial charge in [0.15, 0.2) is 0 Å². The van der Waals surface area contributed by atoms with Crippen LogP contribution in [0.4, 0.5) is 0 Å². The van der Waals surface area contributed by atoms with Crippen molar-refractivity contribution in [3.63, 3.8) is 0 Å². The van der Waals surface area contributed by atoms with E-state index in [1.807, 2.05) is 60.7 Å². The largest absolute Gasteiger partial charge is 0.481 e. The SMILES string of the molecule is O=C(O)CC(COCc1ccccc1)OCc1ccccc1. The van der Waals surface area contributed by atoms with Crippen LogP contribution in [-0.4, -0.2) is 23.8 Å². The van der Waals surface area contributed by atoms with E-state index < -0.39 is 12.1 Å². The molecule has 0 aromatic heterocycles. The molecule has 0 heterocycles. The second-order valence-electron chi connectivity index (χ2n) is 5.02. The zero-order valence-corrected chi connectivity index (χ0v) is 12.4. The van der Waals surface area contributed by atoms with Crippen LogP contribution in [0.1, 0.15) is 17.5 Å². The summed E-state index contributed by atoms with van der Waals surface area (Å²) >= 11 is 0. The van der Waals surface area contributed by atoms with Crippen LogP contribution in [0.3, 0.4) is 0 Å². The van der Waals surface area contributed by atoms with Crippen LogP contribution in [0, 0.1) is 0 Å². The average molecular weight is 300 g/mol. The van der Waals surface area contributed by atoms with Gasteiger partial charge in [0, 0.05) is 0 Å². The molecule has 0 fully saturated rings.